The molecule has 4 heterocycles. The molecule has 5 rings (SSSR count). The summed E-state index contributed by atoms with van der Waals surface area (Å²) in [4.78, 5) is 27.6. The SMILES string of the molecule is C=C/C(=N\C=C(/C)[C@H](C)NC(=O)[C@]1(OC)CC[C@@H](c2nc(Nc3cc(C)[nH]n3)c3cnn(C)c3n2)CC1)n1cc(F)cn1. The summed E-state index contributed by atoms with van der Waals surface area (Å²) in [6.45, 7) is 9.38. The van der Waals surface area contributed by atoms with Crippen molar-refractivity contribution in [1.82, 2.24) is 45.0 Å². The third-order valence-corrected chi connectivity index (χ3v) is 7.92. The van der Waals surface area contributed by atoms with Crippen LogP contribution in [0.15, 0.2) is 54.1 Å². The van der Waals surface area contributed by atoms with E-state index in [-0.39, 0.29) is 17.9 Å². The number of nitrogens with one attached hydrogen (secondary N) is 3. The molecule has 1 fully saturated rings. The summed E-state index contributed by atoms with van der Waals surface area (Å²) in [6, 6.07) is 1.58. The van der Waals surface area contributed by atoms with Crippen molar-refractivity contribution in [2.75, 3.05) is 12.4 Å². The zero-order valence-corrected chi connectivity index (χ0v) is 24.9. The van der Waals surface area contributed by atoms with Crippen LogP contribution in [0.1, 0.15) is 57.0 Å². The monoisotopic (exact) mass is 589 g/mol. The van der Waals surface area contributed by atoms with Crippen molar-refractivity contribution >= 4 is 34.4 Å². The number of carbonyl (C=O) groups is 1. The number of anilines is 2. The molecular formula is C29H36FN11O2. The van der Waals surface area contributed by atoms with Crippen molar-refractivity contribution in [3.8, 4) is 0 Å². The number of amides is 1. The van der Waals surface area contributed by atoms with Crippen LogP contribution in [0.3, 0.4) is 0 Å². The Balaban J connectivity index is 1.28. The largest absolute Gasteiger partial charge is 0.368 e. The van der Waals surface area contributed by atoms with Crippen molar-refractivity contribution in [3.63, 3.8) is 0 Å². The van der Waals surface area contributed by atoms with E-state index in [1.54, 1.807) is 24.2 Å². The summed E-state index contributed by atoms with van der Waals surface area (Å²) in [5.41, 5.74) is 1.47. The summed E-state index contributed by atoms with van der Waals surface area (Å²) in [5, 5.41) is 22.7. The molecule has 1 amide bonds. The molecule has 0 radical (unpaired) electrons. The molecule has 3 N–H and O–H groups in total. The van der Waals surface area contributed by atoms with Gasteiger partial charge in [-0.05, 0) is 58.1 Å². The minimum absolute atomic E-state index is 0.0368. The van der Waals surface area contributed by atoms with Gasteiger partial charge in [0.15, 0.2) is 23.1 Å². The highest BCUT2D eigenvalue weighted by molar-refractivity contribution is 5.94. The number of allylic oxidation sites excluding steroid dienone is 1. The van der Waals surface area contributed by atoms with Gasteiger partial charge in [-0.15, -0.1) is 0 Å². The van der Waals surface area contributed by atoms with Crippen LogP contribution in [-0.4, -0.2) is 70.2 Å². The second-order valence-corrected chi connectivity index (χ2v) is 10.8. The third-order valence-electron chi connectivity index (χ3n) is 7.92. The molecule has 4 aromatic heterocycles. The number of aromatic nitrogens is 8. The number of H-pyrrole nitrogens is 1. The third kappa shape index (κ3) is 6.23. The minimum Gasteiger partial charge on any atom is -0.368 e. The van der Waals surface area contributed by atoms with E-state index in [4.69, 9.17) is 14.7 Å². The number of ether oxygens (including phenoxy) is 1. The molecule has 14 heteroatoms. The number of rotatable bonds is 9. The molecule has 1 aliphatic rings. The van der Waals surface area contributed by atoms with Gasteiger partial charge < -0.3 is 15.4 Å². The number of aryl methyl sites for hydroxylation is 2. The number of carbonyl (C=O) groups excluding carboxylic acids is 1. The Labute approximate surface area is 248 Å². The van der Waals surface area contributed by atoms with Gasteiger partial charge in [-0.2, -0.15) is 15.3 Å². The van der Waals surface area contributed by atoms with Crippen LogP contribution in [-0.2, 0) is 16.6 Å². The summed E-state index contributed by atoms with van der Waals surface area (Å²) in [5.74, 6) is 1.72. The van der Waals surface area contributed by atoms with Crippen LogP contribution in [0.25, 0.3) is 11.0 Å². The topological polar surface area (TPSA) is 153 Å². The van der Waals surface area contributed by atoms with Crippen LogP contribution in [0.2, 0.25) is 0 Å². The molecule has 0 aromatic carbocycles. The maximum absolute atomic E-state index is 13.5. The first-order valence-corrected chi connectivity index (χ1v) is 14.0. The number of hydrogen-bond acceptors (Lipinski definition) is 9. The van der Waals surface area contributed by atoms with Gasteiger partial charge >= 0.3 is 0 Å². The predicted octanol–water partition coefficient (Wildman–Crippen LogP) is 4.06. The second kappa shape index (κ2) is 12.3. The van der Waals surface area contributed by atoms with Crippen molar-refractivity contribution < 1.29 is 13.9 Å². The van der Waals surface area contributed by atoms with Gasteiger partial charge in [-0.25, -0.2) is 24.0 Å². The van der Waals surface area contributed by atoms with Crippen LogP contribution < -0.4 is 10.6 Å². The number of aromatic amines is 1. The average Bonchev–Trinajstić information content (AvgIpc) is 3.73. The molecule has 0 unspecified atom stereocenters. The average molecular weight is 590 g/mol. The van der Waals surface area contributed by atoms with E-state index in [0.29, 0.717) is 49.0 Å². The molecule has 13 nitrogen and oxygen atoms in total. The minimum atomic E-state index is -0.975. The fourth-order valence-corrected chi connectivity index (χ4v) is 5.14. The van der Waals surface area contributed by atoms with Gasteiger partial charge in [0.05, 0.1) is 24.0 Å². The van der Waals surface area contributed by atoms with E-state index in [1.165, 1.54) is 17.0 Å². The molecule has 0 spiro atoms. The van der Waals surface area contributed by atoms with Crippen molar-refractivity contribution in [3.05, 3.63) is 66.4 Å². The summed E-state index contributed by atoms with van der Waals surface area (Å²) < 4.78 is 22.2. The molecular weight excluding hydrogens is 553 g/mol. The smallest absolute Gasteiger partial charge is 0.252 e. The summed E-state index contributed by atoms with van der Waals surface area (Å²) in [6.07, 6.45) is 9.48. The number of nitrogens with zero attached hydrogens (tertiary/aromatic N) is 8. The van der Waals surface area contributed by atoms with E-state index in [0.717, 1.165) is 28.5 Å². The van der Waals surface area contributed by atoms with Gasteiger partial charge in [0.25, 0.3) is 5.91 Å². The lowest BCUT2D eigenvalue weighted by atomic mass is 9.77. The molecule has 1 aliphatic carbocycles. The molecule has 0 bridgehead atoms. The number of hydrogen-bond donors (Lipinski definition) is 3. The lowest BCUT2D eigenvalue weighted by molar-refractivity contribution is -0.148. The molecule has 226 valence electrons. The number of methoxy groups -OCH3 is 1. The van der Waals surface area contributed by atoms with Gasteiger partial charge in [-0.3, -0.25) is 14.6 Å². The number of aliphatic imine (C=N–C) groups is 1. The van der Waals surface area contributed by atoms with Gasteiger partial charge in [0.1, 0.15) is 17.2 Å². The van der Waals surface area contributed by atoms with Crippen LogP contribution >= 0.6 is 0 Å². The molecule has 4 aromatic rings. The molecule has 0 saturated heterocycles. The normalized spacial score (nSPS) is 20.3. The maximum Gasteiger partial charge on any atom is 0.252 e. The van der Waals surface area contributed by atoms with Crippen LogP contribution in [0.5, 0.6) is 0 Å². The zero-order valence-electron chi connectivity index (χ0n) is 24.9. The van der Waals surface area contributed by atoms with Crippen LogP contribution in [0.4, 0.5) is 16.0 Å². The number of fused-ring (bicyclic) bond motifs is 1. The molecule has 1 saturated carbocycles. The van der Waals surface area contributed by atoms with Gasteiger partial charge in [0, 0.05) is 44.1 Å². The van der Waals surface area contributed by atoms with Crippen molar-refractivity contribution in [2.45, 2.75) is 64.0 Å². The van der Waals surface area contributed by atoms with E-state index in [9.17, 15) is 9.18 Å². The Bertz CT molecular complexity index is 1690. The number of halogens is 1. The first-order chi connectivity index (χ1) is 20.6. The molecule has 0 aliphatic heterocycles. The summed E-state index contributed by atoms with van der Waals surface area (Å²) in [7, 11) is 3.42. The van der Waals surface area contributed by atoms with E-state index in [1.807, 2.05) is 33.9 Å². The molecule has 43 heavy (non-hydrogen) atoms. The highest BCUT2D eigenvalue weighted by atomic mass is 19.1. The predicted molar refractivity (Wildman–Crippen MR) is 160 cm³/mol. The van der Waals surface area contributed by atoms with Crippen LogP contribution in [0, 0.1) is 12.7 Å². The first kappa shape index (κ1) is 29.8. The van der Waals surface area contributed by atoms with Crippen molar-refractivity contribution in [1.29, 1.82) is 0 Å². The van der Waals surface area contributed by atoms with Gasteiger partial charge in [-0.1, -0.05) is 6.58 Å². The first-order valence-electron chi connectivity index (χ1n) is 14.0. The Morgan fingerprint density at radius 2 is 2.07 bits per heavy atom. The Morgan fingerprint density at radius 3 is 2.70 bits per heavy atom. The fourth-order valence-electron chi connectivity index (χ4n) is 5.14. The Morgan fingerprint density at radius 1 is 1.30 bits per heavy atom. The van der Waals surface area contributed by atoms with E-state index in [2.05, 4.69) is 42.6 Å². The molecule has 1 atom stereocenters. The Hall–Kier alpha value is -4.72. The highest BCUT2D eigenvalue weighted by Crippen LogP contribution is 2.40. The summed E-state index contributed by atoms with van der Waals surface area (Å²) >= 11 is 0. The van der Waals surface area contributed by atoms with E-state index < -0.39 is 11.4 Å². The Kier molecular flexibility index (Phi) is 8.48. The highest BCUT2D eigenvalue weighted by Gasteiger charge is 2.43. The second-order valence-electron chi connectivity index (χ2n) is 10.8. The zero-order chi connectivity index (χ0) is 30.7. The fraction of sp³-hybridized carbons (Fsp3) is 0.414. The standard InChI is InChI=1S/C29H36FN11O2/c1-7-24(41-16-21(30)14-33-41)31-13-17(2)19(4)34-28(42)29(43-6)10-8-20(9-11-29)25-36-26(35-23-12-18(3)38-39-23)22-15-32-40(5)27(22)37-25/h7,12-16,19-20H,1,8-11H2,2-6H3,(H,34,42)(H2,35,36,37,38,39)/b17-13+,31-24+/t19-,20-,29+/m0/s1. The quantitative estimate of drug-likeness (QED) is 0.195. The lowest BCUT2D eigenvalue weighted by Crippen LogP contribution is -2.52. The maximum atomic E-state index is 13.5. The van der Waals surface area contributed by atoms with Gasteiger partial charge in [0.2, 0.25) is 0 Å². The van der Waals surface area contributed by atoms with Crippen molar-refractivity contribution in [2.24, 2.45) is 12.0 Å². The van der Waals surface area contributed by atoms with E-state index >= 15 is 0 Å². The lowest BCUT2D eigenvalue weighted by Gasteiger charge is -2.38.